The van der Waals surface area contributed by atoms with E-state index in [2.05, 4.69) is 46.8 Å². The highest BCUT2D eigenvalue weighted by atomic mass is 14.1. The summed E-state index contributed by atoms with van der Waals surface area (Å²) >= 11 is 0. The third-order valence-corrected chi connectivity index (χ3v) is 2.83. The molecule has 0 atom stereocenters. The van der Waals surface area contributed by atoms with Crippen molar-refractivity contribution in [1.82, 2.24) is 0 Å². The third-order valence-electron chi connectivity index (χ3n) is 2.83. The fraction of sp³-hybridized carbons (Fsp3) is 0.538. The van der Waals surface area contributed by atoms with Crippen LogP contribution in [0.25, 0.3) is 0 Å². The molecule has 0 aliphatic rings. The minimum absolute atomic E-state index is 0.648. The van der Waals surface area contributed by atoms with Gasteiger partial charge in [0.15, 0.2) is 0 Å². The third kappa shape index (κ3) is 1.93. The molecule has 1 rings (SSSR count). The van der Waals surface area contributed by atoms with Crippen molar-refractivity contribution < 1.29 is 0 Å². The number of hydrogen-bond donors (Lipinski definition) is 0. The van der Waals surface area contributed by atoms with Crippen molar-refractivity contribution in [1.29, 1.82) is 0 Å². The molecular weight excluding hydrogens is 156 g/mol. The van der Waals surface area contributed by atoms with Gasteiger partial charge in [0.2, 0.25) is 0 Å². The maximum absolute atomic E-state index is 2.28. The van der Waals surface area contributed by atoms with E-state index >= 15 is 0 Å². The van der Waals surface area contributed by atoms with Crippen molar-refractivity contribution >= 4 is 0 Å². The Bertz CT molecular complexity index is 295. The van der Waals surface area contributed by atoms with Crippen molar-refractivity contribution in [3.05, 3.63) is 34.4 Å². The molecule has 13 heavy (non-hydrogen) atoms. The molecule has 0 spiro atoms. The van der Waals surface area contributed by atoms with E-state index in [0.29, 0.717) is 5.92 Å². The fourth-order valence-electron chi connectivity index (χ4n) is 2.01. The van der Waals surface area contributed by atoms with Gasteiger partial charge in [-0.15, -0.1) is 0 Å². The Balaban J connectivity index is 3.32. The van der Waals surface area contributed by atoms with E-state index in [1.807, 2.05) is 0 Å². The van der Waals surface area contributed by atoms with Crippen LogP contribution in [0.5, 0.6) is 0 Å². The molecule has 0 nitrogen and oxygen atoms in total. The fourth-order valence-corrected chi connectivity index (χ4v) is 2.01. The van der Waals surface area contributed by atoms with Gasteiger partial charge in [-0.2, -0.15) is 0 Å². The average molecular weight is 176 g/mol. The van der Waals surface area contributed by atoms with E-state index in [1.54, 1.807) is 5.56 Å². The summed E-state index contributed by atoms with van der Waals surface area (Å²) in [6, 6.07) is 4.51. The van der Waals surface area contributed by atoms with Gasteiger partial charge in [-0.1, -0.05) is 32.9 Å². The van der Waals surface area contributed by atoms with Gasteiger partial charge in [-0.25, -0.2) is 0 Å². The second kappa shape index (κ2) is 3.95. The lowest BCUT2D eigenvalue weighted by Gasteiger charge is -2.16. The molecule has 0 heterocycles. The largest absolute Gasteiger partial charge is 0.0613 e. The molecule has 0 aliphatic carbocycles. The van der Waals surface area contributed by atoms with Crippen LogP contribution in [0.4, 0.5) is 0 Å². The van der Waals surface area contributed by atoms with Crippen LogP contribution in [-0.4, -0.2) is 0 Å². The summed E-state index contributed by atoms with van der Waals surface area (Å²) in [5.74, 6) is 0.648. The standard InChI is InChI=1S/C13H20/c1-6-12-8-7-10(4)11(5)13(12)9(2)3/h7-9H,6H2,1-5H3. The average Bonchev–Trinajstić information content (AvgIpc) is 2.08. The van der Waals surface area contributed by atoms with Gasteiger partial charge in [0.25, 0.3) is 0 Å². The molecule has 1 aromatic carbocycles. The number of rotatable bonds is 2. The van der Waals surface area contributed by atoms with E-state index in [1.165, 1.54) is 16.7 Å². The summed E-state index contributed by atoms with van der Waals surface area (Å²) in [6.07, 6.45) is 1.15. The molecule has 72 valence electrons. The summed E-state index contributed by atoms with van der Waals surface area (Å²) in [5, 5.41) is 0. The van der Waals surface area contributed by atoms with Crippen LogP contribution in [-0.2, 0) is 6.42 Å². The van der Waals surface area contributed by atoms with E-state index in [0.717, 1.165) is 6.42 Å². The zero-order valence-electron chi connectivity index (χ0n) is 9.44. The molecule has 0 heteroatoms. The van der Waals surface area contributed by atoms with Crippen LogP contribution in [0, 0.1) is 13.8 Å². The highest BCUT2D eigenvalue weighted by Crippen LogP contribution is 2.26. The van der Waals surface area contributed by atoms with E-state index < -0.39 is 0 Å². The number of hydrogen-bond acceptors (Lipinski definition) is 0. The molecule has 0 unspecified atom stereocenters. The monoisotopic (exact) mass is 176 g/mol. The van der Waals surface area contributed by atoms with Crippen molar-refractivity contribution in [2.24, 2.45) is 0 Å². The second-order valence-corrected chi connectivity index (χ2v) is 4.09. The minimum atomic E-state index is 0.648. The van der Waals surface area contributed by atoms with Crippen molar-refractivity contribution in [3.8, 4) is 0 Å². The van der Waals surface area contributed by atoms with Crippen LogP contribution in [0.3, 0.4) is 0 Å². The molecule has 0 N–H and O–H groups in total. The second-order valence-electron chi connectivity index (χ2n) is 4.09. The maximum Gasteiger partial charge on any atom is -0.0213 e. The van der Waals surface area contributed by atoms with Crippen LogP contribution in [0.15, 0.2) is 12.1 Å². The summed E-state index contributed by atoms with van der Waals surface area (Å²) < 4.78 is 0. The van der Waals surface area contributed by atoms with E-state index in [9.17, 15) is 0 Å². The van der Waals surface area contributed by atoms with Gasteiger partial charge >= 0.3 is 0 Å². The van der Waals surface area contributed by atoms with Gasteiger partial charge in [-0.3, -0.25) is 0 Å². The Kier molecular flexibility index (Phi) is 3.13. The maximum atomic E-state index is 2.28. The Labute approximate surface area is 82.0 Å². The van der Waals surface area contributed by atoms with Crippen LogP contribution >= 0.6 is 0 Å². The lowest BCUT2D eigenvalue weighted by molar-refractivity contribution is 0.831. The Hall–Kier alpha value is -0.780. The first-order valence-electron chi connectivity index (χ1n) is 5.16. The van der Waals surface area contributed by atoms with Crippen molar-refractivity contribution in [2.75, 3.05) is 0 Å². The molecule has 0 radical (unpaired) electrons. The predicted octanol–water partition coefficient (Wildman–Crippen LogP) is 3.99. The zero-order valence-corrected chi connectivity index (χ0v) is 9.44. The van der Waals surface area contributed by atoms with E-state index in [-0.39, 0.29) is 0 Å². The molecule has 0 aromatic heterocycles. The summed E-state index contributed by atoms with van der Waals surface area (Å²) in [5.41, 5.74) is 5.97. The summed E-state index contributed by atoms with van der Waals surface area (Å²) in [4.78, 5) is 0. The topological polar surface area (TPSA) is 0 Å². The first-order chi connectivity index (χ1) is 6.07. The van der Waals surface area contributed by atoms with Crippen molar-refractivity contribution in [3.63, 3.8) is 0 Å². The predicted molar refractivity (Wildman–Crippen MR) is 59.4 cm³/mol. The number of benzene rings is 1. The lowest BCUT2D eigenvalue weighted by atomic mass is 9.89. The molecule has 0 amide bonds. The molecule has 0 saturated carbocycles. The lowest BCUT2D eigenvalue weighted by Crippen LogP contribution is -2.00. The molecule has 1 aromatic rings. The normalized spacial score (nSPS) is 10.9. The molecule has 0 aliphatic heterocycles. The quantitative estimate of drug-likeness (QED) is 0.639. The number of aryl methyl sites for hydroxylation is 2. The SMILES string of the molecule is CCc1ccc(C)c(C)c1C(C)C. The molecular formula is C13H20. The van der Waals surface area contributed by atoms with Gasteiger partial charge in [0, 0.05) is 0 Å². The Morgan fingerprint density at radius 3 is 2.23 bits per heavy atom. The van der Waals surface area contributed by atoms with Gasteiger partial charge in [0.1, 0.15) is 0 Å². The van der Waals surface area contributed by atoms with E-state index in [4.69, 9.17) is 0 Å². The summed E-state index contributed by atoms with van der Waals surface area (Å²) in [7, 11) is 0. The Morgan fingerprint density at radius 2 is 1.77 bits per heavy atom. The van der Waals surface area contributed by atoms with Gasteiger partial charge in [0.05, 0.1) is 0 Å². The highest BCUT2D eigenvalue weighted by molar-refractivity contribution is 5.41. The van der Waals surface area contributed by atoms with Crippen LogP contribution in [0.2, 0.25) is 0 Å². The zero-order chi connectivity index (χ0) is 10.0. The van der Waals surface area contributed by atoms with Gasteiger partial charge in [-0.05, 0) is 48.4 Å². The smallest absolute Gasteiger partial charge is 0.0213 e. The molecule has 0 bridgehead atoms. The van der Waals surface area contributed by atoms with Crippen LogP contribution < -0.4 is 0 Å². The molecule has 0 saturated heterocycles. The first-order valence-corrected chi connectivity index (χ1v) is 5.16. The summed E-state index contributed by atoms with van der Waals surface area (Å²) in [6.45, 7) is 11.2. The Morgan fingerprint density at radius 1 is 1.15 bits per heavy atom. The van der Waals surface area contributed by atoms with Gasteiger partial charge < -0.3 is 0 Å². The minimum Gasteiger partial charge on any atom is -0.0613 e. The molecule has 0 fully saturated rings. The van der Waals surface area contributed by atoms with Crippen molar-refractivity contribution in [2.45, 2.75) is 47.0 Å². The highest BCUT2D eigenvalue weighted by Gasteiger charge is 2.09. The van der Waals surface area contributed by atoms with Crippen LogP contribution in [0.1, 0.15) is 48.9 Å². The first kappa shape index (κ1) is 10.3.